The van der Waals surface area contributed by atoms with Crippen LogP contribution in [0.2, 0.25) is 0 Å². The summed E-state index contributed by atoms with van der Waals surface area (Å²) in [5.41, 5.74) is 2.16. The summed E-state index contributed by atoms with van der Waals surface area (Å²) < 4.78 is 5.15. The molecule has 1 heterocycles. The highest BCUT2D eigenvalue weighted by Crippen LogP contribution is 2.19. The van der Waals surface area contributed by atoms with Crippen LogP contribution >= 0.6 is 0 Å². The maximum absolute atomic E-state index is 12.6. The second-order valence-electron chi connectivity index (χ2n) is 7.19. The molecule has 2 amide bonds. The Morgan fingerprint density at radius 1 is 1.07 bits per heavy atom. The van der Waals surface area contributed by atoms with E-state index in [2.05, 4.69) is 17.6 Å². The smallest absolute Gasteiger partial charge is 0.253 e. The molecule has 0 aromatic heterocycles. The topological polar surface area (TPSA) is 70.7 Å². The summed E-state index contributed by atoms with van der Waals surface area (Å²) in [6.07, 6.45) is 2.13. The zero-order valence-electron chi connectivity index (χ0n) is 16.4. The standard InChI is InChI=1S/C22H27N3O3/c1-16-10-12-25(13-11-16)22(27)17-6-8-18(9-7-17)23-15-21(26)24-19-4-3-5-20(14-19)28-2/h3-9,14,16,23H,10-13,15H2,1-2H3,(H,24,26). The van der Waals surface area contributed by atoms with Crippen molar-refractivity contribution in [2.45, 2.75) is 19.8 Å². The van der Waals surface area contributed by atoms with Crippen molar-refractivity contribution in [2.75, 3.05) is 37.4 Å². The predicted octanol–water partition coefficient (Wildman–Crippen LogP) is 3.62. The fraction of sp³-hybridized carbons (Fsp3) is 0.364. The lowest BCUT2D eigenvalue weighted by atomic mass is 9.98. The van der Waals surface area contributed by atoms with E-state index in [1.165, 1.54) is 0 Å². The monoisotopic (exact) mass is 381 g/mol. The number of methoxy groups -OCH3 is 1. The maximum Gasteiger partial charge on any atom is 0.253 e. The summed E-state index contributed by atoms with van der Waals surface area (Å²) in [6.45, 7) is 4.01. The van der Waals surface area contributed by atoms with E-state index in [1.807, 2.05) is 47.4 Å². The normalized spacial score (nSPS) is 14.4. The molecule has 3 rings (SSSR count). The minimum absolute atomic E-state index is 0.0780. The molecule has 2 N–H and O–H groups in total. The van der Waals surface area contributed by atoms with Crippen LogP contribution in [0.4, 0.5) is 11.4 Å². The molecule has 1 aliphatic heterocycles. The van der Waals surface area contributed by atoms with Crippen LogP contribution in [0.3, 0.4) is 0 Å². The molecule has 0 atom stereocenters. The number of anilines is 2. The average Bonchev–Trinajstić information content (AvgIpc) is 2.73. The minimum Gasteiger partial charge on any atom is -0.497 e. The van der Waals surface area contributed by atoms with Crippen molar-refractivity contribution in [1.82, 2.24) is 4.90 Å². The molecule has 0 radical (unpaired) electrons. The molecule has 1 aliphatic rings. The number of nitrogens with zero attached hydrogens (tertiary/aromatic N) is 1. The van der Waals surface area contributed by atoms with Gasteiger partial charge in [0.15, 0.2) is 0 Å². The Morgan fingerprint density at radius 3 is 2.46 bits per heavy atom. The third-order valence-electron chi connectivity index (χ3n) is 5.01. The van der Waals surface area contributed by atoms with Gasteiger partial charge in [0.2, 0.25) is 5.91 Å². The van der Waals surface area contributed by atoms with Crippen LogP contribution in [0.25, 0.3) is 0 Å². The number of carbonyl (C=O) groups excluding carboxylic acids is 2. The van der Waals surface area contributed by atoms with Crippen molar-refractivity contribution in [3.63, 3.8) is 0 Å². The number of ether oxygens (including phenoxy) is 1. The number of piperidine rings is 1. The van der Waals surface area contributed by atoms with E-state index in [1.54, 1.807) is 13.2 Å². The lowest BCUT2D eigenvalue weighted by Crippen LogP contribution is -2.37. The first kappa shape index (κ1) is 19.7. The van der Waals surface area contributed by atoms with Gasteiger partial charge < -0.3 is 20.3 Å². The molecule has 148 valence electrons. The number of carbonyl (C=O) groups is 2. The van der Waals surface area contributed by atoms with Crippen molar-refractivity contribution >= 4 is 23.2 Å². The lowest BCUT2D eigenvalue weighted by Gasteiger charge is -2.30. The number of hydrogen-bond acceptors (Lipinski definition) is 4. The summed E-state index contributed by atoms with van der Waals surface area (Å²) in [7, 11) is 1.59. The van der Waals surface area contributed by atoms with E-state index in [0.717, 1.165) is 31.6 Å². The number of hydrogen-bond donors (Lipinski definition) is 2. The van der Waals surface area contributed by atoms with Crippen LogP contribution in [0, 0.1) is 5.92 Å². The second-order valence-corrected chi connectivity index (χ2v) is 7.19. The van der Waals surface area contributed by atoms with Gasteiger partial charge in [0, 0.05) is 36.1 Å². The molecule has 2 aromatic rings. The molecule has 28 heavy (non-hydrogen) atoms. The quantitative estimate of drug-likeness (QED) is 0.802. The zero-order valence-corrected chi connectivity index (χ0v) is 16.4. The molecule has 1 saturated heterocycles. The van der Waals surface area contributed by atoms with Gasteiger partial charge in [-0.05, 0) is 55.2 Å². The maximum atomic E-state index is 12.6. The number of amides is 2. The predicted molar refractivity (Wildman–Crippen MR) is 111 cm³/mol. The van der Waals surface area contributed by atoms with Crippen molar-refractivity contribution in [2.24, 2.45) is 5.92 Å². The summed E-state index contributed by atoms with van der Waals surface area (Å²) in [5, 5.41) is 5.90. The molecule has 0 spiro atoms. The van der Waals surface area contributed by atoms with Gasteiger partial charge >= 0.3 is 0 Å². The highest BCUT2D eigenvalue weighted by molar-refractivity contribution is 5.95. The van der Waals surface area contributed by atoms with E-state index >= 15 is 0 Å². The first-order chi connectivity index (χ1) is 13.5. The summed E-state index contributed by atoms with van der Waals surface area (Å²) in [5.74, 6) is 1.30. The van der Waals surface area contributed by atoms with E-state index in [4.69, 9.17) is 4.74 Å². The summed E-state index contributed by atoms with van der Waals surface area (Å²) >= 11 is 0. The van der Waals surface area contributed by atoms with Crippen molar-refractivity contribution in [3.8, 4) is 5.75 Å². The molecular formula is C22H27N3O3. The summed E-state index contributed by atoms with van der Waals surface area (Å²) in [6, 6.07) is 14.5. The van der Waals surface area contributed by atoms with Crippen LogP contribution < -0.4 is 15.4 Å². The summed E-state index contributed by atoms with van der Waals surface area (Å²) in [4.78, 5) is 26.6. The van der Waals surface area contributed by atoms with E-state index in [-0.39, 0.29) is 18.4 Å². The Morgan fingerprint density at radius 2 is 1.79 bits per heavy atom. The molecule has 0 aliphatic carbocycles. The lowest BCUT2D eigenvalue weighted by molar-refractivity contribution is -0.114. The largest absolute Gasteiger partial charge is 0.497 e. The van der Waals surface area contributed by atoms with Crippen LogP contribution in [0.5, 0.6) is 5.75 Å². The van der Waals surface area contributed by atoms with E-state index in [9.17, 15) is 9.59 Å². The van der Waals surface area contributed by atoms with Crippen LogP contribution in [0.15, 0.2) is 48.5 Å². The van der Waals surface area contributed by atoms with Crippen molar-refractivity contribution in [1.29, 1.82) is 0 Å². The third kappa shape index (κ3) is 5.25. The highest BCUT2D eigenvalue weighted by Gasteiger charge is 2.21. The van der Waals surface area contributed by atoms with Gasteiger partial charge in [0.25, 0.3) is 5.91 Å². The Hall–Kier alpha value is -3.02. The molecule has 0 bridgehead atoms. The molecule has 2 aromatic carbocycles. The number of rotatable bonds is 6. The van der Waals surface area contributed by atoms with Crippen LogP contribution in [0.1, 0.15) is 30.1 Å². The zero-order chi connectivity index (χ0) is 19.9. The second kappa shape index (κ2) is 9.26. The number of nitrogens with one attached hydrogen (secondary N) is 2. The van der Waals surface area contributed by atoms with Gasteiger partial charge in [0.05, 0.1) is 13.7 Å². The minimum atomic E-state index is -0.157. The Balaban J connectivity index is 1.50. The Labute approximate surface area is 165 Å². The van der Waals surface area contributed by atoms with Gasteiger partial charge in [-0.15, -0.1) is 0 Å². The number of likely N-dealkylation sites (tertiary alicyclic amines) is 1. The van der Waals surface area contributed by atoms with Crippen molar-refractivity contribution < 1.29 is 14.3 Å². The molecule has 6 heteroatoms. The van der Waals surface area contributed by atoms with Crippen LogP contribution in [-0.2, 0) is 4.79 Å². The van der Waals surface area contributed by atoms with Gasteiger partial charge in [-0.2, -0.15) is 0 Å². The molecule has 0 saturated carbocycles. The third-order valence-corrected chi connectivity index (χ3v) is 5.01. The van der Waals surface area contributed by atoms with Gasteiger partial charge in [-0.25, -0.2) is 0 Å². The van der Waals surface area contributed by atoms with E-state index in [0.29, 0.717) is 22.9 Å². The first-order valence-electron chi connectivity index (χ1n) is 9.62. The fourth-order valence-electron chi connectivity index (χ4n) is 3.21. The highest BCUT2D eigenvalue weighted by atomic mass is 16.5. The fourth-order valence-corrected chi connectivity index (χ4v) is 3.21. The van der Waals surface area contributed by atoms with Gasteiger partial charge in [0.1, 0.15) is 5.75 Å². The molecular weight excluding hydrogens is 354 g/mol. The first-order valence-corrected chi connectivity index (χ1v) is 9.62. The van der Waals surface area contributed by atoms with Gasteiger partial charge in [-0.1, -0.05) is 13.0 Å². The molecule has 0 unspecified atom stereocenters. The van der Waals surface area contributed by atoms with Crippen LogP contribution in [-0.4, -0.2) is 43.5 Å². The number of benzene rings is 2. The van der Waals surface area contributed by atoms with E-state index < -0.39 is 0 Å². The molecule has 6 nitrogen and oxygen atoms in total. The average molecular weight is 381 g/mol. The SMILES string of the molecule is COc1cccc(NC(=O)CNc2ccc(C(=O)N3CCC(C)CC3)cc2)c1. The van der Waals surface area contributed by atoms with Crippen molar-refractivity contribution in [3.05, 3.63) is 54.1 Å². The van der Waals surface area contributed by atoms with Gasteiger partial charge in [-0.3, -0.25) is 9.59 Å². The Kier molecular flexibility index (Phi) is 6.53. The molecule has 1 fully saturated rings. The Bertz CT molecular complexity index is 812.